The molecule has 2 aliphatic heterocycles. The van der Waals surface area contributed by atoms with Crippen molar-refractivity contribution in [3.05, 3.63) is 60.0 Å². The van der Waals surface area contributed by atoms with E-state index in [4.69, 9.17) is 9.26 Å². The van der Waals surface area contributed by atoms with Gasteiger partial charge in [-0.1, -0.05) is 5.16 Å². The first-order chi connectivity index (χ1) is 14.6. The Morgan fingerprint density at radius 1 is 1.17 bits per heavy atom. The zero-order valence-corrected chi connectivity index (χ0v) is 16.5. The lowest BCUT2D eigenvalue weighted by atomic mass is 9.90. The number of halogens is 1. The molecule has 5 rings (SSSR count). The monoisotopic (exact) mass is 408 g/mol. The van der Waals surface area contributed by atoms with Crippen molar-refractivity contribution in [3.63, 3.8) is 0 Å². The third-order valence-corrected chi connectivity index (χ3v) is 6.10. The predicted octanol–water partition coefficient (Wildman–Crippen LogP) is 3.83. The van der Waals surface area contributed by atoms with Crippen LogP contribution in [0.2, 0.25) is 0 Å². The number of ether oxygens (including phenoxy) is 1. The van der Waals surface area contributed by atoms with Crippen LogP contribution in [0.25, 0.3) is 11.4 Å². The Kier molecular flexibility index (Phi) is 4.69. The molecule has 4 heterocycles. The lowest BCUT2D eigenvalue weighted by molar-refractivity contribution is 0.0554. The highest BCUT2D eigenvalue weighted by Crippen LogP contribution is 2.43. The molecule has 8 heteroatoms. The predicted molar refractivity (Wildman–Crippen MR) is 105 cm³/mol. The maximum Gasteiger partial charge on any atom is 0.254 e. The first-order valence-electron chi connectivity index (χ1n) is 10.0. The lowest BCUT2D eigenvalue weighted by Crippen LogP contribution is -2.46. The van der Waals surface area contributed by atoms with Crippen LogP contribution < -0.4 is 4.74 Å². The molecule has 2 bridgehead atoms. The van der Waals surface area contributed by atoms with Crippen molar-refractivity contribution in [1.82, 2.24) is 20.0 Å². The third kappa shape index (κ3) is 3.22. The van der Waals surface area contributed by atoms with Crippen molar-refractivity contribution >= 4 is 5.91 Å². The van der Waals surface area contributed by atoms with Gasteiger partial charge in [0.25, 0.3) is 5.91 Å². The van der Waals surface area contributed by atoms with Gasteiger partial charge in [0.05, 0.1) is 7.11 Å². The Morgan fingerprint density at radius 3 is 2.57 bits per heavy atom. The smallest absolute Gasteiger partial charge is 0.254 e. The molecule has 2 fully saturated rings. The summed E-state index contributed by atoms with van der Waals surface area (Å²) in [6, 6.07) is 8.23. The van der Waals surface area contributed by atoms with Gasteiger partial charge in [-0.15, -0.1) is 0 Å². The van der Waals surface area contributed by atoms with Crippen LogP contribution in [0.5, 0.6) is 5.75 Å². The maximum absolute atomic E-state index is 14.1. The fraction of sp³-hybridized carbons (Fsp3) is 0.364. The molecule has 0 aliphatic carbocycles. The number of rotatable bonds is 4. The molecule has 0 N–H and O–H groups in total. The van der Waals surface area contributed by atoms with Crippen LogP contribution in [0.4, 0.5) is 4.39 Å². The number of benzene rings is 1. The van der Waals surface area contributed by atoms with Crippen molar-refractivity contribution in [2.75, 3.05) is 7.11 Å². The molecule has 0 saturated carbocycles. The van der Waals surface area contributed by atoms with Gasteiger partial charge in [0.2, 0.25) is 11.7 Å². The molecule has 1 unspecified atom stereocenters. The molecule has 3 aromatic rings. The van der Waals surface area contributed by atoms with E-state index in [-0.39, 0.29) is 29.7 Å². The van der Waals surface area contributed by atoms with E-state index in [0.29, 0.717) is 17.3 Å². The summed E-state index contributed by atoms with van der Waals surface area (Å²) in [5.74, 6) is 0.746. The van der Waals surface area contributed by atoms with Crippen LogP contribution in [0, 0.1) is 5.82 Å². The number of aromatic nitrogens is 3. The van der Waals surface area contributed by atoms with E-state index in [1.165, 1.54) is 19.2 Å². The van der Waals surface area contributed by atoms with Gasteiger partial charge in [0.15, 0.2) is 11.6 Å². The maximum atomic E-state index is 14.1. The standard InChI is InChI=1S/C22H21FN4O3/c1-29-19-5-2-14(12-18(19)23)22(28)27-16-3-4-17(27)11-15(10-16)21-25-20(26-30-21)13-6-8-24-9-7-13/h2,5-9,12,15-17H,3-4,10-11H2,1H3/t15?,16-,17+. The molecule has 2 saturated heterocycles. The van der Waals surface area contributed by atoms with Crippen molar-refractivity contribution in [1.29, 1.82) is 0 Å². The lowest BCUT2D eigenvalue weighted by Gasteiger charge is -2.38. The number of piperidine rings is 1. The molecule has 2 aliphatic rings. The van der Waals surface area contributed by atoms with Gasteiger partial charge in [-0.3, -0.25) is 9.78 Å². The number of hydrogen-bond donors (Lipinski definition) is 0. The average Bonchev–Trinajstić information content (AvgIpc) is 3.37. The Bertz CT molecular complexity index is 1060. The Balaban J connectivity index is 1.33. The minimum atomic E-state index is -0.528. The zero-order chi connectivity index (χ0) is 20.7. The molecule has 0 radical (unpaired) electrons. The van der Waals surface area contributed by atoms with Gasteiger partial charge in [0, 0.05) is 41.5 Å². The van der Waals surface area contributed by atoms with E-state index >= 15 is 0 Å². The Morgan fingerprint density at radius 2 is 1.90 bits per heavy atom. The van der Waals surface area contributed by atoms with Gasteiger partial charge in [-0.05, 0) is 56.0 Å². The topological polar surface area (TPSA) is 81.4 Å². The van der Waals surface area contributed by atoms with Crippen LogP contribution in [0.3, 0.4) is 0 Å². The highest BCUT2D eigenvalue weighted by atomic mass is 19.1. The molecule has 7 nitrogen and oxygen atoms in total. The number of methoxy groups -OCH3 is 1. The second kappa shape index (κ2) is 7.51. The minimum Gasteiger partial charge on any atom is -0.494 e. The molecule has 0 spiro atoms. The molecule has 30 heavy (non-hydrogen) atoms. The Labute approximate surface area is 172 Å². The van der Waals surface area contributed by atoms with Gasteiger partial charge in [-0.2, -0.15) is 4.98 Å². The van der Waals surface area contributed by atoms with E-state index in [9.17, 15) is 9.18 Å². The summed E-state index contributed by atoms with van der Waals surface area (Å²) >= 11 is 0. The van der Waals surface area contributed by atoms with Crippen molar-refractivity contribution in [3.8, 4) is 17.1 Å². The summed E-state index contributed by atoms with van der Waals surface area (Å²) in [7, 11) is 1.41. The van der Waals surface area contributed by atoms with E-state index in [0.717, 1.165) is 31.2 Å². The Hall–Kier alpha value is -3.29. The number of carbonyl (C=O) groups excluding carboxylic acids is 1. The number of pyridine rings is 1. The van der Waals surface area contributed by atoms with Gasteiger partial charge in [0.1, 0.15) is 0 Å². The number of amides is 1. The molecule has 2 aromatic heterocycles. The summed E-state index contributed by atoms with van der Waals surface area (Å²) in [6.07, 6.45) is 6.76. The van der Waals surface area contributed by atoms with Crippen LogP contribution >= 0.6 is 0 Å². The van der Waals surface area contributed by atoms with Crippen molar-refractivity contribution < 1.29 is 18.4 Å². The fourth-order valence-electron chi connectivity index (χ4n) is 4.68. The molecule has 1 amide bonds. The summed E-state index contributed by atoms with van der Waals surface area (Å²) in [4.78, 5) is 23.6. The van der Waals surface area contributed by atoms with E-state index in [1.807, 2.05) is 17.0 Å². The van der Waals surface area contributed by atoms with Gasteiger partial charge in [-0.25, -0.2) is 4.39 Å². The quantitative estimate of drug-likeness (QED) is 0.653. The second-order valence-corrected chi connectivity index (χ2v) is 7.81. The molecular formula is C22H21FN4O3. The summed E-state index contributed by atoms with van der Waals surface area (Å²) in [5, 5.41) is 4.11. The van der Waals surface area contributed by atoms with E-state index in [2.05, 4.69) is 15.1 Å². The van der Waals surface area contributed by atoms with Crippen molar-refractivity contribution in [2.45, 2.75) is 43.7 Å². The third-order valence-electron chi connectivity index (χ3n) is 6.10. The summed E-state index contributed by atoms with van der Waals surface area (Å²) in [6.45, 7) is 0. The molecule has 3 atom stereocenters. The number of nitrogens with zero attached hydrogens (tertiary/aromatic N) is 4. The molecular weight excluding hydrogens is 387 g/mol. The van der Waals surface area contributed by atoms with Crippen LogP contribution in [0.1, 0.15) is 47.8 Å². The molecule has 1 aromatic carbocycles. The number of carbonyl (C=O) groups is 1. The second-order valence-electron chi connectivity index (χ2n) is 7.81. The zero-order valence-electron chi connectivity index (χ0n) is 16.5. The van der Waals surface area contributed by atoms with Crippen molar-refractivity contribution in [2.24, 2.45) is 0 Å². The normalized spacial score (nSPS) is 22.9. The van der Waals surface area contributed by atoms with Crippen LogP contribution in [0.15, 0.2) is 47.2 Å². The number of fused-ring (bicyclic) bond motifs is 2. The average molecular weight is 408 g/mol. The van der Waals surface area contributed by atoms with Gasteiger partial charge >= 0.3 is 0 Å². The number of hydrogen-bond acceptors (Lipinski definition) is 6. The van der Waals surface area contributed by atoms with Crippen LogP contribution in [-0.2, 0) is 0 Å². The first kappa shape index (κ1) is 18.7. The van der Waals surface area contributed by atoms with E-state index in [1.54, 1.807) is 18.5 Å². The highest BCUT2D eigenvalue weighted by molar-refractivity contribution is 5.95. The minimum absolute atomic E-state index is 0.0858. The van der Waals surface area contributed by atoms with Crippen LogP contribution in [-0.4, -0.2) is 45.1 Å². The SMILES string of the molecule is COc1ccc(C(=O)N2[C@@H]3CC[C@H]2CC(c2nc(-c4ccncc4)no2)C3)cc1F. The fourth-order valence-corrected chi connectivity index (χ4v) is 4.68. The largest absolute Gasteiger partial charge is 0.494 e. The summed E-state index contributed by atoms with van der Waals surface area (Å²) in [5.41, 5.74) is 1.21. The highest BCUT2D eigenvalue weighted by Gasteiger charge is 2.45. The van der Waals surface area contributed by atoms with E-state index < -0.39 is 5.82 Å². The first-order valence-corrected chi connectivity index (χ1v) is 10.0. The summed E-state index contributed by atoms with van der Waals surface area (Å²) < 4.78 is 24.6. The molecule has 154 valence electrons. The van der Waals surface area contributed by atoms with Gasteiger partial charge < -0.3 is 14.2 Å².